The van der Waals surface area contributed by atoms with E-state index in [0.29, 0.717) is 10.7 Å². The van der Waals surface area contributed by atoms with Crippen molar-refractivity contribution in [2.75, 3.05) is 22.5 Å². The molecule has 2 amide bonds. The molecule has 0 aliphatic carbocycles. The number of hydrogen-bond acceptors (Lipinski definition) is 3. The van der Waals surface area contributed by atoms with E-state index < -0.39 is 17.6 Å². The van der Waals surface area contributed by atoms with E-state index in [1.807, 2.05) is 13.0 Å². The van der Waals surface area contributed by atoms with Crippen molar-refractivity contribution in [3.05, 3.63) is 88.4 Å². The molecule has 0 fully saturated rings. The Morgan fingerprint density at radius 3 is 2.31 bits per heavy atom. The highest BCUT2D eigenvalue weighted by Crippen LogP contribution is 2.30. The van der Waals surface area contributed by atoms with Crippen LogP contribution in [0.2, 0.25) is 5.02 Å². The van der Waals surface area contributed by atoms with Gasteiger partial charge in [-0.25, -0.2) is 0 Å². The second kappa shape index (κ2) is 9.74. The Hall–Kier alpha value is -3.52. The molecule has 0 aliphatic heterocycles. The fourth-order valence-electron chi connectivity index (χ4n) is 2.88. The summed E-state index contributed by atoms with van der Waals surface area (Å²) < 4.78 is 38.6. The summed E-state index contributed by atoms with van der Waals surface area (Å²) in [6, 6.07) is 15.7. The highest BCUT2D eigenvalue weighted by atomic mass is 35.5. The minimum absolute atomic E-state index is 0.0142. The summed E-state index contributed by atoms with van der Waals surface area (Å²) in [5, 5.41) is 8.64. The molecule has 0 saturated carbocycles. The van der Waals surface area contributed by atoms with Crippen LogP contribution in [0.5, 0.6) is 0 Å². The molecule has 0 bridgehead atoms. The fourth-order valence-corrected chi connectivity index (χ4v) is 3.05. The largest absolute Gasteiger partial charge is 0.416 e. The van der Waals surface area contributed by atoms with Gasteiger partial charge in [-0.15, -0.1) is 0 Å². The molecule has 0 heterocycles. The van der Waals surface area contributed by atoms with Gasteiger partial charge in [0.25, 0.3) is 5.91 Å². The lowest BCUT2D eigenvalue weighted by Gasteiger charge is -2.12. The first kappa shape index (κ1) is 23.1. The lowest BCUT2D eigenvalue weighted by Crippen LogP contribution is -2.22. The molecule has 3 aromatic carbocycles. The fraction of sp³-hybridized carbons (Fsp3) is 0.130. The molecule has 0 spiro atoms. The Morgan fingerprint density at radius 2 is 1.59 bits per heavy atom. The standard InChI is InChI=1S/C23H19ClF3N3O2/c1-14-8-9-17(24)12-20(14)28-13-21(31)29-18-6-2-4-15(10-18)22(32)30-19-7-3-5-16(11-19)23(25,26)27/h2-12,28H,13H2,1H3,(H,29,31)(H,30,32). The van der Waals surface area contributed by atoms with Gasteiger partial charge >= 0.3 is 6.18 Å². The Balaban J connectivity index is 1.63. The summed E-state index contributed by atoms with van der Waals surface area (Å²) in [5.74, 6) is -0.951. The number of amides is 2. The second-order valence-corrected chi connectivity index (χ2v) is 7.41. The summed E-state index contributed by atoms with van der Waals surface area (Å²) in [5.41, 5.74) is 1.35. The number of carbonyl (C=O) groups is 2. The quantitative estimate of drug-likeness (QED) is 0.423. The van der Waals surface area contributed by atoms with Gasteiger partial charge in [0.05, 0.1) is 12.1 Å². The van der Waals surface area contributed by atoms with Crippen LogP contribution in [-0.4, -0.2) is 18.4 Å². The number of aryl methyl sites for hydroxylation is 1. The number of nitrogens with one attached hydrogen (secondary N) is 3. The first-order valence-electron chi connectivity index (χ1n) is 9.50. The van der Waals surface area contributed by atoms with Gasteiger partial charge in [-0.2, -0.15) is 13.2 Å². The van der Waals surface area contributed by atoms with Gasteiger partial charge in [0, 0.05) is 27.6 Å². The monoisotopic (exact) mass is 461 g/mol. The minimum atomic E-state index is -4.51. The topological polar surface area (TPSA) is 70.2 Å². The predicted octanol–water partition coefficient (Wildman–Crippen LogP) is 5.97. The molecular weight excluding hydrogens is 443 g/mol. The maximum Gasteiger partial charge on any atom is 0.416 e. The van der Waals surface area contributed by atoms with Crippen molar-refractivity contribution < 1.29 is 22.8 Å². The molecule has 3 rings (SSSR count). The van der Waals surface area contributed by atoms with E-state index in [0.717, 1.165) is 23.4 Å². The molecule has 5 nitrogen and oxygen atoms in total. The lowest BCUT2D eigenvalue weighted by atomic mass is 10.1. The molecule has 9 heteroatoms. The number of rotatable bonds is 6. The predicted molar refractivity (Wildman–Crippen MR) is 119 cm³/mol. The molecular formula is C23H19ClF3N3O2. The van der Waals surface area contributed by atoms with E-state index >= 15 is 0 Å². The molecule has 0 aromatic heterocycles. The third-order valence-electron chi connectivity index (χ3n) is 4.50. The van der Waals surface area contributed by atoms with Gasteiger partial charge in [0.15, 0.2) is 0 Å². The normalized spacial score (nSPS) is 11.0. The molecule has 32 heavy (non-hydrogen) atoms. The first-order valence-corrected chi connectivity index (χ1v) is 9.88. The summed E-state index contributed by atoms with van der Waals surface area (Å²) in [6.07, 6.45) is -4.51. The molecule has 0 radical (unpaired) electrons. The van der Waals surface area contributed by atoms with Crippen LogP contribution in [0.4, 0.5) is 30.2 Å². The zero-order valence-electron chi connectivity index (χ0n) is 16.9. The Bertz CT molecular complexity index is 1150. The van der Waals surface area contributed by atoms with Crippen LogP contribution in [0.15, 0.2) is 66.7 Å². The van der Waals surface area contributed by atoms with Crippen molar-refractivity contribution in [2.45, 2.75) is 13.1 Å². The van der Waals surface area contributed by atoms with Gasteiger partial charge in [0.2, 0.25) is 5.91 Å². The van der Waals surface area contributed by atoms with Gasteiger partial charge in [-0.1, -0.05) is 29.8 Å². The number of halogens is 4. The Labute approximate surface area is 187 Å². The smallest absolute Gasteiger partial charge is 0.376 e. The van der Waals surface area contributed by atoms with Crippen LogP contribution in [0, 0.1) is 6.92 Å². The van der Waals surface area contributed by atoms with E-state index in [2.05, 4.69) is 16.0 Å². The third kappa shape index (κ3) is 6.24. The average Bonchev–Trinajstić information content (AvgIpc) is 2.74. The molecule has 0 aliphatic rings. The zero-order valence-corrected chi connectivity index (χ0v) is 17.6. The molecule has 3 N–H and O–H groups in total. The van der Waals surface area contributed by atoms with Crippen molar-refractivity contribution in [3.8, 4) is 0 Å². The zero-order chi connectivity index (χ0) is 23.3. The van der Waals surface area contributed by atoms with Crippen molar-refractivity contribution in [3.63, 3.8) is 0 Å². The van der Waals surface area contributed by atoms with Crippen LogP contribution in [0.3, 0.4) is 0 Å². The number of benzene rings is 3. The molecule has 166 valence electrons. The van der Waals surface area contributed by atoms with Crippen LogP contribution in [0.25, 0.3) is 0 Å². The van der Waals surface area contributed by atoms with Crippen LogP contribution >= 0.6 is 11.6 Å². The summed E-state index contributed by atoms with van der Waals surface area (Å²) in [6.45, 7) is 1.85. The van der Waals surface area contributed by atoms with E-state index in [-0.39, 0.29) is 23.7 Å². The van der Waals surface area contributed by atoms with E-state index in [1.165, 1.54) is 24.3 Å². The summed E-state index contributed by atoms with van der Waals surface area (Å²) >= 11 is 5.96. The SMILES string of the molecule is Cc1ccc(Cl)cc1NCC(=O)Nc1cccc(C(=O)Nc2cccc(C(F)(F)F)c2)c1. The second-order valence-electron chi connectivity index (χ2n) is 6.97. The molecule has 0 saturated heterocycles. The maximum atomic E-state index is 12.9. The van der Waals surface area contributed by atoms with Crippen LogP contribution in [0.1, 0.15) is 21.5 Å². The Kier molecular flexibility index (Phi) is 7.05. The summed E-state index contributed by atoms with van der Waals surface area (Å²) in [7, 11) is 0. The first-order chi connectivity index (χ1) is 15.1. The van der Waals surface area contributed by atoms with Gasteiger partial charge < -0.3 is 16.0 Å². The summed E-state index contributed by atoms with van der Waals surface area (Å²) in [4.78, 5) is 24.7. The number of hydrogen-bond donors (Lipinski definition) is 3. The number of alkyl halides is 3. The van der Waals surface area contributed by atoms with E-state index in [4.69, 9.17) is 11.6 Å². The van der Waals surface area contributed by atoms with Crippen molar-refractivity contribution >= 4 is 40.5 Å². The van der Waals surface area contributed by atoms with Crippen molar-refractivity contribution in [1.82, 2.24) is 0 Å². The van der Waals surface area contributed by atoms with Crippen LogP contribution < -0.4 is 16.0 Å². The lowest BCUT2D eigenvalue weighted by molar-refractivity contribution is -0.137. The van der Waals surface area contributed by atoms with Crippen molar-refractivity contribution in [2.24, 2.45) is 0 Å². The highest BCUT2D eigenvalue weighted by Gasteiger charge is 2.30. The maximum absolute atomic E-state index is 12.9. The van der Waals surface area contributed by atoms with Crippen molar-refractivity contribution in [1.29, 1.82) is 0 Å². The highest BCUT2D eigenvalue weighted by molar-refractivity contribution is 6.30. The van der Waals surface area contributed by atoms with Gasteiger partial charge in [-0.3, -0.25) is 9.59 Å². The van der Waals surface area contributed by atoms with Gasteiger partial charge in [-0.05, 0) is 61.0 Å². The van der Waals surface area contributed by atoms with E-state index in [1.54, 1.807) is 24.3 Å². The molecule has 3 aromatic rings. The Morgan fingerprint density at radius 1 is 0.906 bits per heavy atom. The third-order valence-corrected chi connectivity index (χ3v) is 4.73. The van der Waals surface area contributed by atoms with E-state index in [9.17, 15) is 22.8 Å². The van der Waals surface area contributed by atoms with Gasteiger partial charge in [0.1, 0.15) is 0 Å². The minimum Gasteiger partial charge on any atom is -0.376 e. The molecule has 0 atom stereocenters. The average molecular weight is 462 g/mol. The number of anilines is 3. The molecule has 0 unspecified atom stereocenters. The van der Waals surface area contributed by atoms with Crippen LogP contribution in [-0.2, 0) is 11.0 Å². The number of carbonyl (C=O) groups excluding carboxylic acids is 2.